The molecule has 19 atom stereocenters. The van der Waals surface area contributed by atoms with Gasteiger partial charge in [-0.2, -0.15) is 0 Å². The summed E-state index contributed by atoms with van der Waals surface area (Å²) in [5.74, 6) is -2.48. The van der Waals surface area contributed by atoms with E-state index in [2.05, 4.69) is 17.6 Å². The fraction of sp³-hybridized carbons (Fsp3) is 0.905. The van der Waals surface area contributed by atoms with E-state index in [9.17, 15) is 30.0 Å². The van der Waals surface area contributed by atoms with Gasteiger partial charge in [0.15, 0.2) is 0 Å². The highest BCUT2D eigenvalue weighted by Gasteiger charge is 2.66. The minimum absolute atomic E-state index is 0.00122. The molecular weight excluding hydrogens is 704 g/mol. The maximum absolute atomic E-state index is 14.2. The van der Waals surface area contributed by atoms with Gasteiger partial charge in [-0.05, 0) is 139 Å². The van der Waals surface area contributed by atoms with Crippen LogP contribution in [0.5, 0.6) is 0 Å². The highest BCUT2D eigenvalue weighted by Crippen LogP contribution is 2.59. The second-order valence-electron chi connectivity index (χ2n) is 18.8. The number of nitrogens with two attached hydrogens (primary N) is 2. The first kappa shape index (κ1) is 41.6. The summed E-state index contributed by atoms with van der Waals surface area (Å²) in [6, 6.07) is 0. The molecule has 10 N–H and O–H groups in total. The van der Waals surface area contributed by atoms with E-state index in [4.69, 9.17) is 25.7 Å². The number of rotatable bonds is 8. The van der Waals surface area contributed by atoms with Crippen LogP contribution in [0.2, 0.25) is 0 Å². The van der Waals surface area contributed by atoms with Crippen LogP contribution in [0.3, 0.4) is 0 Å². The number of esters is 1. The zero-order chi connectivity index (χ0) is 39.2. The number of nitrogens with one attached hydrogen (secondary N) is 2. The Labute approximate surface area is 327 Å². The molecule has 13 nitrogen and oxygen atoms in total. The van der Waals surface area contributed by atoms with Gasteiger partial charge in [-0.15, -0.1) is 0 Å². The molecule has 55 heavy (non-hydrogen) atoms. The van der Waals surface area contributed by atoms with E-state index < -0.39 is 65.9 Å². The number of aliphatic hydroxyl groups excluding tert-OH is 4. The maximum atomic E-state index is 14.2. The SMILES string of the molecule is CC=C(C)C(=O)O[C@H]1CC2C(O)C3C(=O)CC(CO)OC3C3C2O[C@@]1(C)[C@H](CC1CCC(N)NC1)CCC1C(N)NCCC1C3[C@H](CO)C1CCCC(O)C1. The van der Waals surface area contributed by atoms with Crippen LogP contribution in [0, 0.1) is 59.2 Å². The lowest BCUT2D eigenvalue weighted by Gasteiger charge is -2.63. The summed E-state index contributed by atoms with van der Waals surface area (Å²) >= 11 is 0. The van der Waals surface area contributed by atoms with Crippen LogP contribution in [0.25, 0.3) is 0 Å². The van der Waals surface area contributed by atoms with E-state index in [1.165, 1.54) is 0 Å². The summed E-state index contributed by atoms with van der Waals surface area (Å²) in [4.78, 5) is 27.9. The molecule has 0 radical (unpaired) electrons. The Hall–Kier alpha value is -1.52. The van der Waals surface area contributed by atoms with Gasteiger partial charge in [0.1, 0.15) is 17.5 Å². The number of carbonyl (C=O) groups is 2. The van der Waals surface area contributed by atoms with Crippen molar-refractivity contribution in [2.24, 2.45) is 70.6 Å². The van der Waals surface area contributed by atoms with Crippen molar-refractivity contribution < 1.29 is 44.2 Å². The minimum atomic E-state index is -1.12. The van der Waals surface area contributed by atoms with Gasteiger partial charge in [0, 0.05) is 30.4 Å². The van der Waals surface area contributed by atoms with Crippen LogP contribution in [0.1, 0.15) is 97.8 Å². The Bertz CT molecular complexity index is 1380. The summed E-state index contributed by atoms with van der Waals surface area (Å²) in [7, 11) is 0. The van der Waals surface area contributed by atoms with Crippen molar-refractivity contribution in [3.05, 3.63) is 11.6 Å². The Morgan fingerprint density at radius 2 is 1.82 bits per heavy atom. The van der Waals surface area contributed by atoms with Crippen LogP contribution >= 0.6 is 0 Å². The normalized spacial score (nSPS) is 48.6. The highest BCUT2D eigenvalue weighted by molar-refractivity contribution is 5.87. The average Bonchev–Trinajstić information content (AvgIpc) is 3.16. The van der Waals surface area contributed by atoms with Crippen molar-refractivity contribution in [1.82, 2.24) is 10.6 Å². The van der Waals surface area contributed by atoms with Crippen molar-refractivity contribution in [3.63, 3.8) is 0 Å². The number of hydrogen-bond acceptors (Lipinski definition) is 13. The topological polar surface area (TPSA) is 219 Å². The third-order valence-corrected chi connectivity index (χ3v) is 15.9. The van der Waals surface area contributed by atoms with Crippen molar-refractivity contribution in [1.29, 1.82) is 0 Å². The lowest BCUT2D eigenvalue weighted by molar-refractivity contribution is -0.309. The number of allylic oxidation sites excluding steroid dienone is 1. The van der Waals surface area contributed by atoms with Gasteiger partial charge in [0.2, 0.25) is 0 Å². The van der Waals surface area contributed by atoms with E-state index >= 15 is 0 Å². The Kier molecular flexibility index (Phi) is 13.1. The molecule has 5 aliphatic heterocycles. The predicted octanol–water partition coefficient (Wildman–Crippen LogP) is 1.72. The molecule has 5 saturated heterocycles. The monoisotopic (exact) mass is 775 g/mol. The van der Waals surface area contributed by atoms with Gasteiger partial charge in [-0.1, -0.05) is 12.5 Å². The molecule has 15 unspecified atom stereocenters. The standard InChI is InChI=1S/C42H70N4O9/c1-4-21(2)41(52)54-32-17-29-37(51)35-31(50)16-26(19-47)53-39(35)36-34(30(20-48)23-6-5-7-25(49)15-23)27-12-13-45-40(44)28(27)10-9-24(42(32,3)55-38(29)36)14-22-8-11-33(43)46-18-22/h4,22-30,32-40,45-49,51H,5-20,43-44H2,1-3H3/t22?,23?,24-,25?,26?,27?,28?,29?,30+,32-,33?,34?,35?,36?,37?,38?,39?,40?,42-/m0/s1. The molecule has 0 amide bonds. The van der Waals surface area contributed by atoms with Crippen molar-refractivity contribution in [3.8, 4) is 0 Å². The fourth-order valence-corrected chi connectivity index (χ4v) is 12.8. The van der Waals surface area contributed by atoms with Gasteiger partial charge >= 0.3 is 5.97 Å². The first-order valence-electron chi connectivity index (χ1n) is 21.6. The molecule has 312 valence electrons. The zero-order valence-electron chi connectivity index (χ0n) is 33.3. The summed E-state index contributed by atoms with van der Waals surface area (Å²) in [6.45, 7) is 6.71. The molecule has 2 bridgehead atoms. The van der Waals surface area contributed by atoms with E-state index in [1.807, 2.05) is 6.92 Å². The van der Waals surface area contributed by atoms with E-state index in [1.54, 1.807) is 13.0 Å². The largest absolute Gasteiger partial charge is 0.456 e. The first-order valence-corrected chi connectivity index (χ1v) is 21.6. The van der Waals surface area contributed by atoms with Gasteiger partial charge in [-0.3, -0.25) is 4.79 Å². The Morgan fingerprint density at radius 3 is 2.51 bits per heavy atom. The van der Waals surface area contributed by atoms with Crippen LogP contribution in [0.4, 0.5) is 0 Å². The number of ketones is 1. The van der Waals surface area contributed by atoms with Gasteiger partial charge in [0.25, 0.3) is 0 Å². The number of fused-ring (bicyclic) bond motifs is 4. The van der Waals surface area contributed by atoms with Crippen LogP contribution in [-0.4, -0.2) is 113 Å². The lowest BCUT2D eigenvalue weighted by atomic mass is 9.51. The third kappa shape index (κ3) is 8.10. The minimum Gasteiger partial charge on any atom is -0.456 e. The van der Waals surface area contributed by atoms with Crippen molar-refractivity contribution in [2.75, 3.05) is 26.3 Å². The van der Waals surface area contributed by atoms with Crippen LogP contribution < -0.4 is 22.1 Å². The van der Waals surface area contributed by atoms with Crippen molar-refractivity contribution in [2.45, 2.75) is 152 Å². The van der Waals surface area contributed by atoms with Crippen LogP contribution in [0.15, 0.2) is 11.6 Å². The molecule has 0 aromatic rings. The first-order chi connectivity index (χ1) is 26.4. The molecule has 5 heterocycles. The summed E-state index contributed by atoms with van der Waals surface area (Å²) in [5, 5.41) is 52.4. The molecule has 7 aliphatic rings. The average molecular weight is 775 g/mol. The molecule has 13 heteroatoms. The molecule has 2 saturated carbocycles. The van der Waals surface area contributed by atoms with Gasteiger partial charge < -0.3 is 56.7 Å². The molecule has 7 rings (SSSR count). The van der Waals surface area contributed by atoms with E-state index in [0.717, 1.165) is 64.3 Å². The van der Waals surface area contributed by atoms with Gasteiger partial charge in [0.05, 0.1) is 55.4 Å². The molecular formula is C42H70N4O9. The number of Topliss-reactive ketones (excluding diaryl/α,β-unsaturated/α-hetero) is 1. The number of carbonyl (C=O) groups excluding carboxylic acids is 2. The molecule has 2 aliphatic carbocycles. The lowest BCUT2D eigenvalue weighted by Crippen LogP contribution is -2.71. The van der Waals surface area contributed by atoms with E-state index in [0.29, 0.717) is 30.9 Å². The fourth-order valence-electron chi connectivity index (χ4n) is 12.8. The maximum Gasteiger partial charge on any atom is 0.333 e. The molecule has 0 aromatic carbocycles. The van der Waals surface area contributed by atoms with Gasteiger partial charge in [-0.25, -0.2) is 4.79 Å². The Morgan fingerprint density at radius 1 is 1.02 bits per heavy atom. The summed E-state index contributed by atoms with van der Waals surface area (Å²) in [5.41, 5.74) is 12.9. The third-order valence-electron chi connectivity index (χ3n) is 15.9. The summed E-state index contributed by atoms with van der Waals surface area (Å²) in [6.07, 6.45) is 5.49. The molecule has 0 aromatic heterocycles. The number of piperidine rings is 2. The number of hydrogen-bond donors (Lipinski definition) is 8. The van der Waals surface area contributed by atoms with E-state index in [-0.39, 0.29) is 73.3 Å². The quantitative estimate of drug-likeness (QED) is 0.130. The second-order valence-corrected chi connectivity index (χ2v) is 18.8. The molecule has 0 spiro atoms. The number of ether oxygens (including phenoxy) is 3. The smallest absolute Gasteiger partial charge is 0.333 e. The highest BCUT2D eigenvalue weighted by atomic mass is 16.6. The zero-order valence-corrected chi connectivity index (χ0v) is 33.3. The van der Waals surface area contributed by atoms with Crippen molar-refractivity contribution >= 4 is 11.8 Å². The second kappa shape index (κ2) is 17.4. The summed E-state index contributed by atoms with van der Waals surface area (Å²) < 4.78 is 20.9. The number of aliphatic hydroxyl groups is 4. The Balaban J connectivity index is 1.39. The van der Waals surface area contributed by atoms with Crippen LogP contribution in [-0.2, 0) is 23.8 Å². The predicted molar refractivity (Wildman–Crippen MR) is 205 cm³/mol. The molecule has 7 fully saturated rings.